The summed E-state index contributed by atoms with van der Waals surface area (Å²) in [6.45, 7) is 0.613. The van der Waals surface area contributed by atoms with Gasteiger partial charge in [-0.25, -0.2) is 0 Å². The highest BCUT2D eigenvalue weighted by Gasteiger charge is 2.13. The van der Waals surface area contributed by atoms with Crippen molar-refractivity contribution in [2.24, 2.45) is 0 Å². The van der Waals surface area contributed by atoms with Gasteiger partial charge in [0.05, 0.1) is 24.1 Å². The van der Waals surface area contributed by atoms with Gasteiger partial charge in [-0.1, -0.05) is 66.2 Å². The zero-order valence-electron chi connectivity index (χ0n) is 16.4. The van der Waals surface area contributed by atoms with Crippen LogP contribution in [0.25, 0.3) is 22.0 Å². The van der Waals surface area contributed by atoms with E-state index in [0.29, 0.717) is 28.6 Å². The summed E-state index contributed by atoms with van der Waals surface area (Å²) in [4.78, 5) is 12.6. The molecular formula is C24H18ClN5O. The number of benzene rings is 3. The maximum atomic E-state index is 12.6. The normalized spacial score (nSPS) is 11.0. The molecule has 5 aromatic rings. The standard InChI is InChI=1S/C24H18ClN5O/c25-19-10-8-17(9-11-19)22-12-23(29-28-22)24(31)27-20-13-26-30(15-20)14-18-6-3-5-16-4-1-2-7-21(16)18/h1-13,15H,14H2,(H,27,31)(H,28,29). The van der Waals surface area contributed by atoms with Crippen LogP contribution in [0.1, 0.15) is 16.1 Å². The molecule has 6 nitrogen and oxygen atoms in total. The van der Waals surface area contributed by atoms with E-state index in [1.54, 1.807) is 24.4 Å². The third kappa shape index (κ3) is 4.06. The van der Waals surface area contributed by atoms with Gasteiger partial charge in [-0.3, -0.25) is 14.6 Å². The van der Waals surface area contributed by atoms with Crippen LogP contribution >= 0.6 is 11.6 Å². The van der Waals surface area contributed by atoms with E-state index < -0.39 is 0 Å². The van der Waals surface area contributed by atoms with Crippen LogP contribution in [-0.2, 0) is 6.54 Å². The van der Waals surface area contributed by atoms with Crippen molar-refractivity contribution in [3.05, 3.63) is 101 Å². The first-order chi connectivity index (χ1) is 15.2. The van der Waals surface area contributed by atoms with Crippen molar-refractivity contribution in [3.8, 4) is 11.3 Å². The lowest BCUT2D eigenvalue weighted by Crippen LogP contribution is -2.11. The maximum Gasteiger partial charge on any atom is 0.273 e. The predicted octanol–water partition coefficient (Wildman–Crippen LogP) is 5.38. The summed E-state index contributed by atoms with van der Waals surface area (Å²) in [6.07, 6.45) is 3.45. The highest BCUT2D eigenvalue weighted by molar-refractivity contribution is 6.30. The Hall–Kier alpha value is -3.90. The number of H-pyrrole nitrogens is 1. The van der Waals surface area contributed by atoms with Crippen LogP contribution in [0.5, 0.6) is 0 Å². The summed E-state index contributed by atoms with van der Waals surface area (Å²) in [6, 6.07) is 23.5. The molecule has 0 unspecified atom stereocenters. The Kier molecular flexibility index (Phi) is 4.98. The first-order valence-corrected chi connectivity index (χ1v) is 10.2. The van der Waals surface area contributed by atoms with Crippen molar-refractivity contribution in [2.75, 3.05) is 5.32 Å². The molecule has 0 spiro atoms. The summed E-state index contributed by atoms with van der Waals surface area (Å²) in [5, 5.41) is 17.3. The van der Waals surface area contributed by atoms with Gasteiger partial charge in [-0.05, 0) is 34.5 Å². The minimum Gasteiger partial charge on any atom is -0.318 e. The molecule has 3 aromatic carbocycles. The van der Waals surface area contributed by atoms with Crippen molar-refractivity contribution in [3.63, 3.8) is 0 Å². The van der Waals surface area contributed by atoms with Crippen molar-refractivity contribution in [2.45, 2.75) is 6.54 Å². The van der Waals surface area contributed by atoms with Crippen LogP contribution < -0.4 is 5.32 Å². The van der Waals surface area contributed by atoms with E-state index in [1.165, 1.54) is 16.3 Å². The monoisotopic (exact) mass is 427 g/mol. The van der Waals surface area contributed by atoms with Gasteiger partial charge in [0.1, 0.15) is 5.69 Å². The molecule has 0 bridgehead atoms. The minimum absolute atomic E-state index is 0.280. The van der Waals surface area contributed by atoms with Crippen molar-refractivity contribution in [1.29, 1.82) is 0 Å². The van der Waals surface area contributed by atoms with Crippen LogP contribution in [0.3, 0.4) is 0 Å². The molecular weight excluding hydrogens is 410 g/mol. The van der Waals surface area contributed by atoms with Crippen LogP contribution in [0.2, 0.25) is 5.02 Å². The smallest absolute Gasteiger partial charge is 0.273 e. The lowest BCUT2D eigenvalue weighted by molar-refractivity contribution is 0.102. The summed E-state index contributed by atoms with van der Waals surface area (Å²) in [5.74, 6) is -0.280. The van der Waals surface area contributed by atoms with E-state index in [0.717, 1.165) is 5.56 Å². The number of fused-ring (bicyclic) bond motifs is 1. The third-order valence-electron chi connectivity index (χ3n) is 5.07. The summed E-state index contributed by atoms with van der Waals surface area (Å²) >= 11 is 5.93. The highest BCUT2D eigenvalue weighted by Crippen LogP contribution is 2.22. The fraction of sp³-hybridized carbons (Fsp3) is 0.0417. The number of hydrogen-bond acceptors (Lipinski definition) is 3. The first kappa shape index (κ1) is 19.1. The second kappa shape index (κ2) is 8.08. The SMILES string of the molecule is O=C(Nc1cnn(Cc2cccc3ccccc23)c1)c1cc(-c2ccc(Cl)cc2)n[nH]1. The summed E-state index contributed by atoms with van der Waals surface area (Å²) in [7, 11) is 0. The maximum absolute atomic E-state index is 12.6. The molecule has 2 N–H and O–H groups in total. The molecule has 0 radical (unpaired) electrons. The number of hydrogen-bond donors (Lipinski definition) is 2. The number of aromatic amines is 1. The van der Waals surface area contributed by atoms with Gasteiger partial charge < -0.3 is 5.32 Å². The van der Waals surface area contributed by atoms with Crippen molar-refractivity contribution in [1.82, 2.24) is 20.0 Å². The number of carbonyl (C=O) groups is 1. The Bertz CT molecular complexity index is 1370. The minimum atomic E-state index is -0.280. The zero-order valence-corrected chi connectivity index (χ0v) is 17.2. The van der Waals surface area contributed by atoms with Gasteiger partial charge >= 0.3 is 0 Å². The van der Waals surface area contributed by atoms with Gasteiger partial charge in [-0.2, -0.15) is 10.2 Å². The fourth-order valence-corrected chi connectivity index (χ4v) is 3.65. The van der Waals surface area contributed by atoms with E-state index in [1.807, 2.05) is 41.2 Å². The van der Waals surface area contributed by atoms with Crippen LogP contribution in [0.15, 0.2) is 85.2 Å². The molecule has 0 aliphatic carbocycles. The number of halogens is 1. The van der Waals surface area contributed by atoms with Crippen LogP contribution in [-0.4, -0.2) is 25.9 Å². The lowest BCUT2D eigenvalue weighted by atomic mass is 10.0. The van der Waals surface area contributed by atoms with Crippen molar-refractivity contribution >= 4 is 34.0 Å². The largest absolute Gasteiger partial charge is 0.318 e. The molecule has 0 atom stereocenters. The zero-order chi connectivity index (χ0) is 21.2. The number of amides is 1. The van der Waals surface area contributed by atoms with E-state index in [-0.39, 0.29) is 5.91 Å². The molecule has 2 aromatic heterocycles. The van der Waals surface area contributed by atoms with Crippen molar-refractivity contribution < 1.29 is 4.79 Å². The molecule has 152 valence electrons. The van der Waals surface area contributed by atoms with Crippen LogP contribution in [0.4, 0.5) is 5.69 Å². The second-order valence-corrected chi connectivity index (χ2v) is 7.63. The van der Waals surface area contributed by atoms with Crippen LogP contribution in [0, 0.1) is 0 Å². The van der Waals surface area contributed by atoms with E-state index in [9.17, 15) is 4.79 Å². The molecule has 0 saturated heterocycles. The average Bonchev–Trinajstić information content (AvgIpc) is 3.45. The van der Waals surface area contributed by atoms with Gasteiger partial charge in [0.25, 0.3) is 5.91 Å². The van der Waals surface area contributed by atoms with Gasteiger partial charge in [-0.15, -0.1) is 0 Å². The Balaban J connectivity index is 1.29. The quantitative estimate of drug-likeness (QED) is 0.395. The fourth-order valence-electron chi connectivity index (χ4n) is 3.52. The number of rotatable bonds is 5. The number of anilines is 1. The Morgan fingerprint density at radius 1 is 1.03 bits per heavy atom. The average molecular weight is 428 g/mol. The van der Waals surface area contributed by atoms with Gasteiger partial charge in [0.2, 0.25) is 0 Å². The number of carbonyl (C=O) groups excluding carboxylic acids is 1. The summed E-state index contributed by atoms with van der Waals surface area (Å²) < 4.78 is 1.81. The second-order valence-electron chi connectivity index (χ2n) is 7.19. The van der Waals surface area contributed by atoms with Gasteiger partial charge in [0, 0.05) is 16.8 Å². The molecule has 0 aliphatic heterocycles. The lowest BCUT2D eigenvalue weighted by Gasteiger charge is -2.06. The molecule has 7 heteroatoms. The molecule has 2 heterocycles. The third-order valence-corrected chi connectivity index (χ3v) is 5.32. The Labute approximate surface area is 183 Å². The first-order valence-electron chi connectivity index (χ1n) is 9.77. The predicted molar refractivity (Wildman–Crippen MR) is 122 cm³/mol. The highest BCUT2D eigenvalue weighted by atomic mass is 35.5. The molecule has 1 amide bonds. The topological polar surface area (TPSA) is 75.6 Å². The molecule has 0 saturated carbocycles. The number of nitrogens with zero attached hydrogens (tertiary/aromatic N) is 3. The number of nitrogens with one attached hydrogen (secondary N) is 2. The molecule has 0 fully saturated rings. The number of aromatic nitrogens is 4. The summed E-state index contributed by atoms with van der Waals surface area (Å²) in [5.41, 5.74) is 3.70. The van der Waals surface area contributed by atoms with Gasteiger partial charge in [0.15, 0.2) is 0 Å². The molecule has 5 rings (SSSR count). The Morgan fingerprint density at radius 2 is 1.84 bits per heavy atom. The van der Waals surface area contributed by atoms with E-state index in [2.05, 4.69) is 44.9 Å². The molecule has 0 aliphatic rings. The van der Waals surface area contributed by atoms with E-state index in [4.69, 9.17) is 11.6 Å². The molecule has 31 heavy (non-hydrogen) atoms. The Morgan fingerprint density at radius 3 is 2.71 bits per heavy atom. The van der Waals surface area contributed by atoms with E-state index >= 15 is 0 Å².